The third kappa shape index (κ3) is 7.03. The van der Waals surface area contributed by atoms with E-state index in [1.807, 2.05) is 30.3 Å². The molecule has 3 amide bonds. The number of urea groups is 1. The molecule has 2 aliphatic rings. The van der Waals surface area contributed by atoms with Gasteiger partial charge in [0, 0.05) is 52.1 Å². The van der Waals surface area contributed by atoms with Crippen LogP contribution in [0.3, 0.4) is 0 Å². The van der Waals surface area contributed by atoms with Crippen LogP contribution in [0, 0.1) is 0 Å². The van der Waals surface area contributed by atoms with E-state index in [9.17, 15) is 35.9 Å². The summed E-state index contributed by atoms with van der Waals surface area (Å²) in [7, 11) is 0. The maximum absolute atomic E-state index is 13.3. The van der Waals surface area contributed by atoms with Crippen LogP contribution in [0.15, 0.2) is 48.5 Å². The molecule has 0 unspecified atom stereocenters. The van der Waals surface area contributed by atoms with Crippen molar-refractivity contribution in [1.82, 2.24) is 14.7 Å². The number of hydrogen-bond acceptors (Lipinski definition) is 3. The van der Waals surface area contributed by atoms with E-state index in [4.69, 9.17) is 4.74 Å². The smallest absolute Gasteiger partial charge is 0.373 e. The summed E-state index contributed by atoms with van der Waals surface area (Å²) in [5.74, 6) is -0.386. The van der Waals surface area contributed by atoms with E-state index in [0.29, 0.717) is 51.3 Å². The molecule has 4 rings (SSSR count). The monoisotopic (exact) mass is 557 g/mol. The summed E-state index contributed by atoms with van der Waals surface area (Å²) in [4.78, 5) is 29.9. The second kappa shape index (κ2) is 11.4. The van der Waals surface area contributed by atoms with Gasteiger partial charge in [0.15, 0.2) is 0 Å². The molecule has 0 bridgehead atoms. The SMILES string of the molecule is CC(=O)N1CCN(C(=O)N2CC[C@@H](OCc3cc(C(F)(F)F)cc(C(F)(F)F)c3)[C@@H](c3ccccc3)C2)CC1. The lowest BCUT2D eigenvalue weighted by atomic mass is 9.88. The van der Waals surface area contributed by atoms with Gasteiger partial charge >= 0.3 is 18.4 Å². The van der Waals surface area contributed by atoms with E-state index in [-0.39, 0.29) is 36.0 Å². The molecule has 0 aromatic heterocycles. The molecular formula is C27H29F6N3O3. The molecule has 12 heteroatoms. The number of ether oxygens (including phenoxy) is 1. The lowest BCUT2D eigenvalue weighted by Gasteiger charge is -2.42. The zero-order chi connectivity index (χ0) is 28.4. The number of nitrogens with zero attached hydrogens (tertiary/aromatic N) is 3. The number of amides is 3. The third-order valence-electron chi connectivity index (χ3n) is 7.15. The Morgan fingerprint density at radius 2 is 1.38 bits per heavy atom. The van der Waals surface area contributed by atoms with E-state index < -0.39 is 36.2 Å². The van der Waals surface area contributed by atoms with E-state index in [0.717, 1.165) is 5.56 Å². The standard InChI is InChI=1S/C27H29F6N3O3/c1-18(37)34-9-11-35(12-10-34)25(38)36-8-7-24(23(16-36)20-5-3-2-4-6-20)39-17-19-13-21(26(28,29)30)15-22(14-19)27(31,32)33/h2-6,13-15,23-24H,7-12,16-17H2,1H3/t23-,24-/m1/s1. The zero-order valence-corrected chi connectivity index (χ0v) is 21.3. The average Bonchev–Trinajstić information content (AvgIpc) is 2.91. The van der Waals surface area contributed by atoms with Gasteiger partial charge in [-0.25, -0.2) is 4.79 Å². The highest BCUT2D eigenvalue weighted by molar-refractivity contribution is 5.76. The molecule has 0 aliphatic carbocycles. The van der Waals surface area contributed by atoms with Gasteiger partial charge in [0.05, 0.1) is 23.8 Å². The molecule has 6 nitrogen and oxygen atoms in total. The number of benzene rings is 2. The molecule has 2 aromatic carbocycles. The number of alkyl halides is 6. The summed E-state index contributed by atoms with van der Waals surface area (Å²) in [6.07, 6.45) is -10.1. The molecule has 2 atom stereocenters. The van der Waals surface area contributed by atoms with Crippen LogP contribution in [-0.2, 0) is 28.5 Å². The predicted molar refractivity (Wildman–Crippen MR) is 130 cm³/mol. The van der Waals surface area contributed by atoms with Crippen LogP contribution < -0.4 is 0 Å². The van der Waals surface area contributed by atoms with Gasteiger partial charge in [-0.15, -0.1) is 0 Å². The topological polar surface area (TPSA) is 53.1 Å². The Kier molecular flexibility index (Phi) is 8.43. The van der Waals surface area contributed by atoms with E-state index >= 15 is 0 Å². The van der Waals surface area contributed by atoms with Crippen LogP contribution >= 0.6 is 0 Å². The van der Waals surface area contributed by atoms with E-state index in [2.05, 4.69) is 0 Å². The number of piperazine rings is 1. The first-order chi connectivity index (χ1) is 18.3. The molecule has 0 saturated carbocycles. The van der Waals surface area contributed by atoms with Crippen LogP contribution in [-0.4, -0.2) is 72.0 Å². The normalized spacial score (nSPS) is 20.7. The second-order valence-electron chi connectivity index (χ2n) is 9.79. The van der Waals surface area contributed by atoms with Gasteiger partial charge in [-0.05, 0) is 35.7 Å². The first kappa shape index (κ1) is 28.7. The van der Waals surface area contributed by atoms with Crippen molar-refractivity contribution in [1.29, 1.82) is 0 Å². The summed E-state index contributed by atoms with van der Waals surface area (Å²) < 4.78 is 85.6. The number of carbonyl (C=O) groups excluding carboxylic acids is 2. The van der Waals surface area contributed by atoms with Crippen molar-refractivity contribution in [3.63, 3.8) is 0 Å². The molecule has 0 N–H and O–H groups in total. The first-order valence-corrected chi connectivity index (χ1v) is 12.6. The lowest BCUT2D eigenvalue weighted by molar-refractivity contribution is -0.143. The van der Waals surface area contributed by atoms with Crippen molar-refractivity contribution in [3.8, 4) is 0 Å². The number of hydrogen-bond donors (Lipinski definition) is 0. The number of piperidine rings is 1. The molecule has 0 radical (unpaired) electrons. The largest absolute Gasteiger partial charge is 0.416 e. The molecule has 2 saturated heterocycles. The molecule has 2 aliphatic heterocycles. The summed E-state index contributed by atoms with van der Waals surface area (Å²) in [5.41, 5.74) is -2.16. The highest BCUT2D eigenvalue weighted by Gasteiger charge is 2.38. The van der Waals surface area contributed by atoms with Gasteiger partial charge < -0.3 is 19.4 Å². The van der Waals surface area contributed by atoms with Crippen molar-refractivity contribution < 1.29 is 40.7 Å². The molecule has 0 spiro atoms. The van der Waals surface area contributed by atoms with Crippen molar-refractivity contribution in [2.24, 2.45) is 0 Å². The third-order valence-corrected chi connectivity index (χ3v) is 7.15. The summed E-state index contributed by atoms with van der Waals surface area (Å²) >= 11 is 0. The van der Waals surface area contributed by atoms with Crippen LogP contribution in [0.4, 0.5) is 31.1 Å². The second-order valence-corrected chi connectivity index (χ2v) is 9.79. The van der Waals surface area contributed by atoms with Gasteiger partial charge in [0.1, 0.15) is 0 Å². The highest BCUT2D eigenvalue weighted by Crippen LogP contribution is 2.37. The molecule has 212 valence electrons. The van der Waals surface area contributed by atoms with Crippen molar-refractivity contribution in [2.45, 2.75) is 44.3 Å². The average molecular weight is 558 g/mol. The summed E-state index contributed by atoms with van der Waals surface area (Å²) in [6, 6.07) is 10.4. The Morgan fingerprint density at radius 1 is 0.821 bits per heavy atom. The minimum Gasteiger partial charge on any atom is -0.373 e. The fourth-order valence-corrected chi connectivity index (χ4v) is 5.04. The van der Waals surface area contributed by atoms with Gasteiger partial charge in [-0.1, -0.05) is 30.3 Å². The van der Waals surface area contributed by atoms with Crippen LogP contribution in [0.25, 0.3) is 0 Å². The molecular weight excluding hydrogens is 528 g/mol. The van der Waals surface area contributed by atoms with E-state index in [1.54, 1.807) is 14.7 Å². The summed E-state index contributed by atoms with van der Waals surface area (Å²) in [6.45, 7) is 3.33. The summed E-state index contributed by atoms with van der Waals surface area (Å²) in [5, 5.41) is 0. The molecule has 39 heavy (non-hydrogen) atoms. The van der Waals surface area contributed by atoms with Crippen LogP contribution in [0.5, 0.6) is 0 Å². The number of carbonyl (C=O) groups is 2. The van der Waals surface area contributed by atoms with Crippen molar-refractivity contribution >= 4 is 11.9 Å². The predicted octanol–water partition coefficient (Wildman–Crippen LogP) is 5.38. The maximum atomic E-state index is 13.3. The lowest BCUT2D eigenvalue weighted by Crippen LogP contribution is -2.56. The van der Waals surface area contributed by atoms with Crippen molar-refractivity contribution in [2.75, 3.05) is 39.3 Å². The Morgan fingerprint density at radius 3 is 1.92 bits per heavy atom. The first-order valence-electron chi connectivity index (χ1n) is 12.6. The molecule has 2 heterocycles. The Labute approximate surface area is 222 Å². The maximum Gasteiger partial charge on any atom is 0.416 e. The zero-order valence-electron chi connectivity index (χ0n) is 21.3. The van der Waals surface area contributed by atoms with Gasteiger partial charge in [0.2, 0.25) is 5.91 Å². The van der Waals surface area contributed by atoms with Crippen LogP contribution in [0.1, 0.15) is 41.5 Å². The Hall–Kier alpha value is -3.28. The fourth-order valence-electron chi connectivity index (χ4n) is 5.04. The van der Waals surface area contributed by atoms with Crippen molar-refractivity contribution in [3.05, 3.63) is 70.8 Å². The quantitative estimate of drug-likeness (QED) is 0.475. The highest BCUT2D eigenvalue weighted by atomic mass is 19.4. The molecule has 2 fully saturated rings. The Balaban J connectivity index is 1.49. The van der Waals surface area contributed by atoms with Crippen LogP contribution in [0.2, 0.25) is 0 Å². The van der Waals surface area contributed by atoms with Gasteiger partial charge in [-0.3, -0.25) is 4.79 Å². The Bertz CT molecular complexity index is 1130. The minimum absolute atomic E-state index is 0.0488. The number of halogens is 6. The van der Waals surface area contributed by atoms with Gasteiger partial charge in [0.25, 0.3) is 0 Å². The fraction of sp³-hybridized carbons (Fsp3) is 0.481. The van der Waals surface area contributed by atoms with Gasteiger partial charge in [-0.2, -0.15) is 26.3 Å². The minimum atomic E-state index is -4.94. The molecule has 2 aromatic rings. The number of likely N-dealkylation sites (tertiary alicyclic amines) is 1. The van der Waals surface area contributed by atoms with E-state index in [1.165, 1.54) is 6.92 Å². The number of rotatable bonds is 4.